The van der Waals surface area contributed by atoms with E-state index < -0.39 is 0 Å². The van der Waals surface area contributed by atoms with Gasteiger partial charge in [0.05, 0.1) is 6.61 Å². The van der Waals surface area contributed by atoms with Crippen LogP contribution >= 0.6 is 0 Å². The van der Waals surface area contributed by atoms with Gasteiger partial charge in [-0.05, 0) is 13.3 Å². The molecule has 0 aliphatic carbocycles. The summed E-state index contributed by atoms with van der Waals surface area (Å²) in [6.07, 6.45) is 3.83. The van der Waals surface area contributed by atoms with E-state index in [1.165, 1.54) is 0 Å². The molecule has 11 heavy (non-hydrogen) atoms. The Kier molecular flexibility index (Phi) is 13.5. The Hall–Kier alpha value is 0.522. The molecule has 3 heteroatoms. The molecular formula is C8H16O2U. The van der Waals surface area contributed by atoms with E-state index >= 15 is 0 Å². The molecule has 0 aromatic rings. The minimum absolute atomic E-state index is 0. The largest absolute Gasteiger partial charge is 0.466 e. The Bertz CT molecular complexity index is 94.1. The maximum absolute atomic E-state index is 10.7. The summed E-state index contributed by atoms with van der Waals surface area (Å²) in [5, 5.41) is 0. The maximum Gasteiger partial charge on any atom is 0.305 e. The van der Waals surface area contributed by atoms with E-state index in [9.17, 15) is 4.79 Å². The number of esters is 1. The minimum Gasteiger partial charge on any atom is -0.466 e. The Morgan fingerprint density at radius 1 is 1.27 bits per heavy atom. The molecule has 0 fully saturated rings. The van der Waals surface area contributed by atoms with E-state index in [4.69, 9.17) is 4.74 Å². The molecule has 0 N–H and O–H groups in total. The predicted octanol–water partition coefficient (Wildman–Crippen LogP) is 2.13. The van der Waals surface area contributed by atoms with Crippen LogP contribution < -0.4 is 0 Å². The van der Waals surface area contributed by atoms with Gasteiger partial charge in [0, 0.05) is 37.5 Å². The van der Waals surface area contributed by atoms with Gasteiger partial charge in [0.15, 0.2) is 0 Å². The number of hydrogen-bond donors (Lipinski definition) is 0. The molecule has 2 nitrogen and oxygen atoms in total. The number of ether oxygens (including phenoxy) is 1. The van der Waals surface area contributed by atoms with Crippen molar-refractivity contribution in [2.24, 2.45) is 0 Å². The molecule has 0 atom stereocenters. The van der Waals surface area contributed by atoms with Crippen molar-refractivity contribution in [2.75, 3.05) is 6.61 Å². The van der Waals surface area contributed by atoms with Gasteiger partial charge in [-0.3, -0.25) is 4.79 Å². The Morgan fingerprint density at radius 3 is 2.36 bits per heavy atom. The van der Waals surface area contributed by atoms with E-state index in [-0.39, 0.29) is 37.1 Å². The molecule has 64 valence electrons. The zero-order valence-electron chi connectivity index (χ0n) is 7.35. The van der Waals surface area contributed by atoms with Crippen LogP contribution in [0.3, 0.4) is 0 Å². The molecule has 0 aliphatic heterocycles. The van der Waals surface area contributed by atoms with Crippen molar-refractivity contribution in [3.8, 4) is 0 Å². The molecule has 0 saturated heterocycles. The van der Waals surface area contributed by atoms with Crippen LogP contribution in [0, 0.1) is 31.1 Å². The smallest absolute Gasteiger partial charge is 0.305 e. The fourth-order valence-corrected chi connectivity index (χ4v) is 0.752. The van der Waals surface area contributed by atoms with Crippen LogP contribution in [0.4, 0.5) is 0 Å². The second-order valence-electron chi connectivity index (χ2n) is 2.26. The Labute approximate surface area is 92.4 Å². The Morgan fingerprint density at radius 2 is 1.91 bits per heavy atom. The third kappa shape index (κ3) is 10.5. The number of carbonyl (C=O) groups is 1. The fraction of sp³-hybridized carbons (Fsp3) is 0.875. The summed E-state index contributed by atoms with van der Waals surface area (Å²) in [5.41, 5.74) is 0. The first-order valence-corrected chi connectivity index (χ1v) is 3.96. The van der Waals surface area contributed by atoms with Gasteiger partial charge in [-0.15, -0.1) is 0 Å². The summed E-state index contributed by atoms with van der Waals surface area (Å²) in [6.45, 7) is 4.45. The van der Waals surface area contributed by atoms with Gasteiger partial charge < -0.3 is 4.74 Å². The van der Waals surface area contributed by atoms with Crippen LogP contribution in [0.15, 0.2) is 0 Å². The topological polar surface area (TPSA) is 26.3 Å². The van der Waals surface area contributed by atoms with Crippen LogP contribution in [0.25, 0.3) is 0 Å². The molecule has 0 rings (SSSR count). The molecule has 0 bridgehead atoms. The first kappa shape index (κ1) is 14.1. The van der Waals surface area contributed by atoms with Crippen LogP contribution in [0.5, 0.6) is 0 Å². The minimum atomic E-state index is -0.0593. The van der Waals surface area contributed by atoms with Gasteiger partial charge in [-0.25, -0.2) is 0 Å². The van der Waals surface area contributed by atoms with E-state index in [0.717, 1.165) is 19.3 Å². The van der Waals surface area contributed by atoms with Crippen molar-refractivity contribution >= 4 is 5.97 Å². The maximum atomic E-state index is 10.7. The molecule has 0 aliphatic rings. The van der Waals surface area contributed by atoms with Gasteiger partial charge in [0.2, 0.25) is 0 Å². The summed E-state index contributed by atoms with van der Waals surface area (Å²) < 4.78 is 4.75. The monoisotopic (exact) mass is 382 g/mol. The summed E-state index contributed by atoms with van der Waals surface area (Å²) in [7, 11) is 0. The second kappa shape index (κ2) is 10.5. The van der Waals surface area contributed by atoms with Crippen LogP contribution in [0.2, 0.25) is 0 Å². The molecule has 0 aromatic heterocycles. The summed E-state index contributed by atoms with van der Waals surface area (Å²) in [6, 6.07) is 0. The van der Waals surface area contributed by atoms with Gasteiger partial charge in [-0.2, -0.15) is 0 Å². The van der Waals surface area contributed by atoms with E-state index in [1.807, 2.05) is 6.92 Å². The molecular weight excluding hydrogens is 366 g/mol. The van der Waals surface area contributed by atoms with Gasteiger partial charge in [0.25, 0.3) is 0 Å². The Balaban J connectivity index is 0. The molecule has 0 unspecified atom stereocenters. The quantitative estimate of drug-likeness (QED) is 0.538. The van der Waals surface area contributed by atoms with Crippen LogP contribution in [-0.4, -0.2) is 12.6 Å². The van der Waals surface area contributed by atoms with Crippen molar-refractivity contribution in [3.63, 3.8) is 0 Å². The van der Waals surface area contributed by atoms with Crippen LogP contribution in [0.1, 0.15) is 39.5 Å². The van der Waals surface area contributed by atoms with Crippen molar-refractivity contribution in [2.45, 2.75) is 39.5 Å². The van der Waals surface area contributed by atoms with Gasteiger partial charge in [0.1, 0.15) is 0 Å². The van der Waals surface area contributed by atoms with Crippen LogP contribution in [-0.2, 0) is 9.53 Å². The molecule has 0 heterocycles. The van der Waals surface area contributed by atoms with E-state index in [2.05, 4.69) is 6.92 Å². The molecule has 0 saturated carbocycles. The average Bonchev–Trinajstić information content (AvgIpc) is 1.89. The van der Waals surface area contributed by atoms with E-state index in [0.29, 0.717) is 13.0 Å². The first-order chi connectivity index (χ1) is 4.81. The second-order valence-corrected chi connectivity index (χ2v) is 2.26. The number of hydrogen-bond acceptors (Lipinski definition) is 2. The molecule has 0 radical (unpaired) electrons. The first-order valence-electron chi connectivity index (χ1n) is 3.96. The van der Waals surface area contributed by atoms with Gasteiger partial charge >= 0.3 is 5.97 Å². The molecule has 0 aromatic carbocycles. The fourth-order valence-electron chi connectivity index (χ4n) is 0.752. The van der Waals surface area contributed by atoms with E-state index in [1.54, 1.807) is 0 Å². The van der Waals surface area contributed by atoms with Crippen molar-refractivity contribution < 1.29 is 40.6 Å². The van der Waals surface area contributed by atoms with Gasteiger partial charge in [-0.1, -0.05) is 19.8 Å². The van der Waals surface area contributed by atoms with Crippen molar-refractivity contribution in [3.05, 3.63) is 0 Å². The number of carbonyl (C=O) groups excluding carboxylic acids is 1. The zero-order chi connectivity index (χ0) is 7.82. The summed E-state index contributed by atoms with van der Waals surface area (Å²) in [4.78, 5) is 10.7. The number of rotatable bonds is 5. The average molecular weight is 382 g/mol. The SMILES string of the molecule is CCCCCC(=O)OCC.[U]. The molecule has 0 spiro atoms. The third-order valence-electron chi connectivity index (χ3n) is 1.29. The standard InChI is InChI=1S/C8H16O2.U/c1-3-5-6-7-8(9)10-4-2;/h3-7H2,1-2H3;. The molecule has 0 amide bonds. The normalized spacial score (nSPS) is 8.55. The summed E-state index contributed by atoms with van der Waals surface area (Å²) >= 11 is 0. The van der Waals surface area contributed by atoms with Crippen molar-refractivity contribution in [1.29, 1.82) is 0 Å². The summed E-state index contributed by atoms with van der Waals surface area (Å²) in [5.74, 6) is -0.0593. The number of unbranched alkanes of at least 4 members (excludes halogenated alkanes) is 2. The predicted molar refractivity (Wildman–Crippen MR) is 40.8 cm³/mol. The van der Waals surface area contributed by atoms with Crippen molar-refractivity contribution in [1.82, 2.24) is 0 Å². The third-order valence-corrected chi connectivity index (χ3v) is 1.29. The zero-order valence-corrected chi connectivity index (χ0v) is 11.5.